The SMILES string of the molecule is CCC(Sc1ncnc2c1nnn2Cc1ccccc1)C(=O)O. The van der Waals surface area contributed by atoms with Crippen LogP contribution in [-0.2, 0) is 11.3 Å². The van der Waals surface area contributed by atoms with Gasteiger partial charge in [0.2, 0.25) is 0 Å². The van der Waals surface area contributed by atoms with Gasteiger partial charge in [0.25, 0.3) is 0 Å². The van der Waals surface area contributed by atoms with Gasteiger partial charge in [-0.05, 0) is 12.0 Å². The maximum atomic E-state index is 11.2. The predicted molar refractivity (Wildman–Crippen MR) is 86.2 cm³/mol. The van der Waals surface area contributed by atoms with Crippen LogP contribution in [0.5, 0.6) is 0 Å². The first kappa shape index (κ1) is 15.4. The van der Waals surface area contributed by atoms with Gasteiger partial charge in [0.05, 0.1) is 6.54 Å². The molecule has 2 heterocycles. The largest absolute Gasteiger partial charge is 0.480 e. The summed E-state index contributed by atoms with van der Waals surface area (Å²) in [5, 5.41) is 17.5. The second kappa shape index (κ2) is 6.74. The highest BCUT2D eigenvalue weighted by Gasteiger charge is 2.21. The third-order valence-electron chi connectivity index (χ3n) is 3.34. The topological polar surface area (TPSA) is 93.8 Å². The highest BCUT2D eigenvalue weighted by Crippen LogP contribution is 2.28. The Morgan fingerprint density at radius 3 is 2.78 bits per heavy atom. The number of carbonyl (C=O) groups is 1. The molecule has 0 radical (unpaired) electrons. The van der Waals surface area contributed by atoms with Crippen LogP contribution in [-0.4, -0.2) is 41.3 Å². The van der Waals surface area contributed by atoms with Crippen molar-refractivity contribution >= 4 is 28.9 Å². The Bertz CT molecular complexity index is 821. The van der Waals surface area contributed by atoms with Crippen molar-refractivity contribution in [1.82, 2.24) is 25.0 Å². The van der Waals surface area contributed by atoms with E-state index in [4.69, 9.17) is 0 Å². The molecular weight excluding hydrogens is 314 g/mol. The highest BCUT2D eigenvalue weighted by atomic mass is 32.2. The summed E-state index contributed by atoms with van der Waals surface area (Å²) in [6.07, 6.45) is 1.92. The molecule has 0 aliphatic heterocycles. The van der Waals surface area contributed by atoms with Crippen molar-refractivity contribution < 1.29 is 9.90 Å². The summed E-state index contributed by atoms with van der Waals surface area (Å²) >= 11 is 1.18. The Balaban J connectivity index is 1.92. The van der Waals surface area contributed by atoms with Crippen molar-refractivity contribution in [3.63, 3.8) is 0 Å². The molecule has 3 aromatic rings. The van der Waals surface area contributed by atoms with Gasteiger partial charge >= 0.3 is 5.97 Å². The average molecular weight is 329 g/mol. The average Bonchev–Trinajstić information content (AvgIpc) is 2.97. The molecule has 0 saturated heterocycles. The molecule has 3 rings (SSSR count). The van der Waals surface area contributed by atoms with E-state index in [1.807, 2.05) is 37.3 Å². The zero-order valence-corrected chi connectivity index (χ0v) is 13.3. The summed E-state index contributed by atoms with van der Waals surface area (Å²) < 4.78 is 1.69. The van der Waals surface area contributed by atoms with E-state index < -0.39 is 11.2 Å². The van der Waals surface area contributed by atoms with Gasteiger partial charge in [0.1, 0.15) is 16.6 Å². The Morgan fingerprint density at radius 2 is 2.09 bits per heavy atom. The fourth-order valence-electron chi connectivity index (χ4n) is 2.16. The summed E-state index contributed by atoms with van der Waals surface area (Å²) in [7, 11) is 0. The standard InChI is InChI=1S/C15H15N5O2S/c1-2-11(15(21)22)23-14-12-13(16-9-17-14)20(19-18-12)8-10-6-4-3-5-7-10/h3-7,9,11H,2,8H2,1H3,(H,21,22). The number of nitrogens with zero attached hydrogens (tertiary/aromatic N) is 5. The zero-order chi connectivity index (χ0) is 16.2. The van der Waals surface area contributed by atoms with Gasteiger partial charge in [-0.1, -0.05) is 54.2 Å². The van der Waals surface area contributed by atoms with Crippen molar-refractivity contribution in [3.05, 3.63) is 42.2 Å². The third kappa shape index (κ3) is 3.31. The van der Waals surface area contributed by atoms with Crippen molar-refractivity contribution in [2.24, 2.45) is 0 Å². The van der Waals surface area contributed by atoms with E-state index in [-0.39, 0.29) is 0 Å². The molecule has 2 aromatic heterocycles. The molecule has 118 valence electrons. The Kier molecular flexibility index (Phi) is 4.52. The number of thioether (sulfide) groups is 1. The summed E-state index contributed by atoms with van der Waals surface area (Å²) in [5.41, 5.74) is 2.23. The number of aliphatic carboxylic acids is 1. The fourth-order valence-corrected chi connectivity index (χ4v) is 3.05. The second-order valence-corrected chi connectivity index (χ2v) is 6.13. The summed E-state index contributed by atoms with van der Waals surface area (Å²) in [4.78, 5) is 19.6. The van der Waals surface area contributed by atoms with Gasteiger partial charge < -0.3 is 5.11 Å². The lowest BCUT2D eigenvalue weighted by Gasteiger charge is -2.08. The van der Waals surface area contributed by atoms with Crippen LogP contribution in [0.4, 0.5) is 0 Å². The fraction of sp³-hybridized carbons (Fsp3) is 0.267. The monoisotopic (exact) mass is 329 g/mol. The minimum Gasteiger partial charge on any atom is -0.480 e. The highest BCUT2D eigenvalue weighted by molar-refractivity contribution is 8.00. The summed E-state index contributed by atoms with van der Waals surface area (Å²) in [6.45, 7) is 2.38. The van der Waals surface area contributed by atoms with Crippen LogP contribution in [0.3, 0.4) is 0 Å². The van der Waals surface area contributed by atoms with Gasteiger partial charge in [0.15, 0.2) is 11.2 Å². The molecular formula is C15H15N5O2S. The lowest BCUT2D eigenvalue weighted by molar-refractivity contribution is -0.136. The number of benzene rings is 1. The minimum absolute atomic E-state index is 0.504. The predicted octanol–water partition coefficient (Wildman–Crippen LogP) is 2.22. The molecule has 0 aliphatic carbocycles. The maximum Gasteiger partial charge on any atom is 0.317 e. The van der Waals surface area contributed by atoms with E-state index in [0.717, 1.165) is 5.56 Å². The Labute approximate surface area is 136 Å². The van der Waals surface area contributed by atoms with Gasteiger partial charge in [0, 0.05) is 0 Å². The molecule has 7 nitrogen and oxygen atoms in total. The van der Waals surface area contributed by atoms with E-state index in [1.165, 1.54) is 18.1 Å². The van der Waals surface area contributed by atoms with Crippen molar-refractivity contribution in [2.45, 2.75) is 30.2 Å². The lowest BCUT2D eigenvalue weighted by atomic mass is 10.2. The normalized spacial score (nSPS) is 12.4. The molecule has 0 spiro atoms. The molecule has 1 atom stereocenters. The molecule has 0 aliphatic rings. The Hall–Kier alpha value is -2.48. The Morgan fingerprint density at radius 1 is 1.30 bits per heavy atom. The van der Waals surface area contributed by atoms with E-state index in [0.29, 0.717) is 29.2 Å². The molecule has 0 fully saturated rings. The van der Waals surface area contributed by atoms with Crippen LogP contribution in [0.25, 0.3) is 11.2 Å². The van der Waals surface area contributed by atoms with Crippen LogP contribution in [0, 0.1) is 0 Å². The van der Waals surface area contributed by atoms with Crippen LogP contribution in [0.1, 0.15) is 18.9 Å². The number of rotatable bonds is 6. The molecule has 23 heavy (non-hydrogen) atoms. The molecule has 0 saturated carbocycles. The van der Waals surface area contributed by atoms with Crippen LogP contribution in [0.15, 0.2) is 41.7 Å². The minimum atomic E-state index is -0.860. The first-order chi connectivity index (χ1) is 11.2. The lowest BCUT2D eigenvalue weighted by Crippen LogP contribution is -2.15. The molecule has 1 aromatic carbocycles. The van der Waals surface area contributed by atoms with E-state index in [1.54, 1.807) is 4.68 Å². The molecule has 0 bridgehead atoms. The third-order valence-corrected chi connectivity index (χ3v) is 4.68. The first-order valence-corrected chi connectivity index (χ1v) is 8.04. The second-order valence-electron chi connectivity index (χ2n) is 4.94. The van der Waals surface area contributed by atoms with Crippen molar-refractivity contribution in [1.29, 1.82) is 0 Å². The number of hydrogen-bond acceptors (Lipinski definition) is 6. The number of hydrogen-bond donors (Lipinski definition) is 1. The number of carboxylic acids is 1. The first-order valence-electron chi connectivity index (χ1n) is 7.16. The number of aromatic nitrogens is 5. The quantitative estimate of drug-likeness (QED) is 0.547. The van der Waals surface area contributed by atoms with E-state index in [2.05, 4.69) is 20.3 Å². The van der Waals surface area contributed by atoms with Crippen LogP contribution >= 0.6 is 11.8 Å². The van der Waals surface area contributed by atoms with Crippen molar-refractivity contribution in [3.8, 4) is 0 Å². The van der Waals surface area contributed by atoms with Gasteiger partial charge in [-0.25, -0.2) is 14.6 Å². The molecule has 8 heteroatoms. The van der Waals surface area contributed by atoms with Gasteiger partial charge in [-0.2, -0.15) is 0 Å². The van der Waals surface area contributed by atoms with E-state index >= 15 is 0 Å². The van der Waals surface area contributed by atoms with Crippen molar-refractivity contribution in [2.75, 3.05) is 0 Å². The van der Waals surface area contributed by atoms with E-state index in [9.17, 15) is 9.90 Å². The molecule has 0 amide bonds. The molecule has 1 unspecified atom stereocenters. The summed E-state index contributed by atoms with van der Waals surface area (Å²) in [6, 6.07) is 9.88. The van der Waals surface area contributed by atoms with Crippen LogP contribution < -0.4 is 0 Å². The van der Waals surface area contributed by atoms with Crippen LogP contribution in [0.2, 0.25) is 0 Å². The maximum absolute atomic E-state index is 11.2. The number of fused-ring (bicyclic) bond motifs is 1. The zero-order valence-electron chi connectivity index (χ0n) is 12.5. The smallest absolute Gasteiger partial charge is 0.317 e. The van der Waals surface area contributed by atoms with Gasteiger partial charge in [-0.15, -0.1) is 5.10 Å². The summed E-state index contributed by atoms with van der Waals surface area (Å²) in [5.74, 6) is -0.860. The van der Waals surface area contributed by atoms with Gasteiger partial charge in [-0.3, -0.25) is 4.79 Å². The number of carboxylic acid groups (broad SMARTS) is 1. The molecule has 1 N–H and O–H groups in total.